The second-order valence-electron chi connectivity index (χ2n) is 7.48. The maximum Gasteiger partial charge on any atom is 0.269 e. The predicted octanol–water partition coefficient (Wildman–Crippen LogP) is 3.67. The van der Waals surface area contributed by atoms with Gasteiger partial charge >= 0.3 is 0 Å². The number of nitrogens with zero attached hydrogens (tertiary/aromatic N) is 3. The van der Waals surface area contributed by atoms with Gasteiger partial charge in [-0.15, -0.1) is 0 Å². The molecule has 1 aromatic heterocycles. The molecule has 7 heteroatoms. The summed E-state index contributed by atoms with van der Waals surface area (Å²) in [5.74, 6) is 2.92. The first kappa shape index (κ1) is 18.3. The number of piperazine rings is 1. The van der Waals surface area contributed by atoms with E-state index in [9.17, 15) is 14.9 Å². The van der Waals surface area contributed by atoms with E-state index in [1.54, 1.807) is 24.3 Å². The maximum atomic E-state index is 12.4. The standard InChI is InChI=1S/C21H23N3O4/c1-15-14-19(15)20-8-6-18(28-20)7-9-21(25)23-12-10-22(11-13-23)16-2-4-17(5-3-16)24(26)27/h2-9,15,19H,10-14H2,1H3/b9-7+. The normalized spacial score (nSPS) is 21.9. The number of non-ortho nitro benzene ring substituents is 1. The Labute approximate surface area is 163 Å². The minimum atomic E-state index is -0.403. The van der Waals surface area contributed by atoms with E-state index in [0.717, 1.165) is 11.4 Å². The van der Waals surface area contributed by atoms with E-state index >= 15 is 0 Å². The van der Waals surface area contributed by atoms with E-state index in [4.69, 9.17) is 4.42 Å². The largest absolute Gasteiger partial charge is 0.461 e. The Bertz CT molecular complexity index is 895. The molecule has 7 nitrogen and oxygen atoms in total. The summed E-state index contributed by atoms with van der Waals surface area (Å²) in [6, 6.07) is 10.4. The molecule has 0 radical (unpaired) electrons. The zero-order chi connectivity index (χ0) is 19.7. The number of carbonyl (C=O) groups excluding carboxylic acids is 1. The van der Waals surface area contributed by atoms with Gasteiger partial charge in [0.2, 0.25) is 5.91 Å². The number of rotatable bonds is 5. The Hall–Kier alpha value is -3.09. The van der Waals surface area contributed by atoms with Crippen molar-refractivity contribution in [2.24, 2.45) is 5.92 Å². The van der Waals surface area contributed by atoms with Crippen molar-refractivity contribution in [1.29, 1.82) is 0 Å². The molecule has 1 aliphatic heterocycles. The van der Waals surface area contributed by atoms with Gasteiger partial charge in [0.25, 0.3) is 5.69 Å². The van der Waals surface area contributed by atoms with Crippen molar-refractivity contribution in [2.45, 2.75) is 19.3 Å². The van der Waals surface area contributed by atoms with Crippen LogP contribution < -0.4 is 4.90 Å². The van der Waals surface area contributed by atoms with Crippen LogP contribution >= 0.6 is 0 Å². The van der Waals surface area contributed by atoms with E-state index in [0.29, 0.717) is 43.8 Å². The topological polar surface area (TPSA) is 79.8 Å². The molecule has 2 unspecified atom stereocenters. The fourth-order valence-electron chi connectivity index (χ4n) is 3.60. The summed E-state index contributed by atoms with van der Waals surface area (Å²) in [4.78, 5) is 26.7. The van der Waals surface area contributed by atoms with Crippen molar-refractivity contribution in [1.82, 2.24) is 4.90 Å². The molecule has 1 aromatic carbocycles. The molecule has 2 heterocycles. The number of anilines is 1. The zero-order valence-corrected chi connectivity index (χ0v) is 15.8. The number of hydrogen-bond donors (Lipinski definition) is 0. The van der Waals surface area contributed by atoms with Crippen LogP contribution in [0.25, 0.3) is 6.08 Å². The highest BCUT2D eigenvalue weighted by Crippen LogP contribution is 2.47. The monoisotopic (exact) mass is 381 g/mol. The number of nitro groups is 1. The molecule has 0 N–H and O–H groups in total. The van der Waals surface area contributed by atoms with Gasteiger partial charge in [-0.3, -0.25) is 14.9 Å². The third kappa shape index (κ3) is 3.93. The average Bonchev–Trinajstić information content (AvgIpc) is 3.26. The fraction of sp³-hybridized carbons (Fsp3) is 0.381. The summed E-state index contributed by atoms with van der Waals surface area (Å²) in [7, 11) is 0. The second kappa shape index (κ2) is 7.50. The summed E-state index contributed by atoms with van der Waals surface area (Å²) >= 11 is 0. The number of amides is 1. The van der Waals surface area contributed by atoms with Crippen LogP contribution in [-0.2, 0) is 4.79 Å². The van der Waals surface area contributed by atoms with Crippen LogP contribution in [0.15, 0.2) is 46.9 Å². The number of benzene rings is 1. The van der Waals surface area contributed by atoms with Crippen LogP contribution in [0.5, 0.6) is 0 Å². The fourth-order valence-corrected chi connectivity index (χ4v) is 3.60. The summed E-state index contributed by atoms with van der Waals surface area (Å²) in [6.07, 6.45) is 4.48. The molecular weight excluding hydrogens is 358 g/mol. The van der Waals surface area contributed by atoms with Gasteiger partial charge in [0.15, 0.2) is 0 Å². The SMILES string of the molecule is CC1CC1c1ccc(/C=C/C(=O)N2CCN(c3ccc([N+](=O)[O-])cc3)CC2)o1. The Morgan fingerprint density at radius 2 is 1.82 bits per heavy atom. The Kier molecular flexibility index (Phi) is 4.90. The van der Waals surface area contributed by atoms with Crippen LogP contribution in [0.4, 0.5) is 11.4 Å². The Balaban J connectivity index is 1.30. The third-order valence-electron chi connectivity index (χ3n) is 5.53. The second-order valence-corrected chi connectivity index (χ2v) is 7.48. The molecule has 2 atom stereocenters. The summed E-state index contributed by atoms with van der Waals surface area (Å²) in [6.45, 7) is 4.83. The van der Waals surface area contributed by atoms with Crippen LogP contribution in [0.3, 0.4) is 0 Å². The quantitative estimate of drug-likeness (QED) is 0.448. The van der Waals surface area contributed by atoms with Gasteiger partial charge in [-0.25, -0.2) is 0 Å². The predicted molar refractivity (Wildman–Crippen MR) is 106 cm³/mol. The van der Waals surface area contributed by atoms with Gasteiger partial charge in [-0.05, 0) is 42.7 Å². The summed E-state index contributed by atoms with van der Waals surface area (Å²) in [5.41, 5.74) is 1.02. The summed E-state index contributed by atoms with van der Waals surface area (Å²) < 4.78 is 5.80. The highest BCUT2D eigenvalue weighted by Gasteiger charge is 2.36. The highest BCUT2D eigenvalue weighted by molar-refractivity contribution is 5.91. The highest BCUT2D eigenvalue weighted by atomic mass is 16.6. The van der Waals surface area contributed by atoms with Crippen molar-refractivity contribution < 1.29 is 14.1 Å². The van der Waals surface area contributed by atoms with Crippen LogP contribution in [0.1, 0.15) is 30.8 Å². The smallest absolute Gasteiger partial charge is 0.269 e. The van der Waals surface area contributed by atoms with E-state index in [1.165, 1.54) is 18.6 Å². The van der Waals surface area contributed by atoms with E-state index in [1.807, 2.05) is 17.0 Å². The molecular formula is C21H23N3O4. The minimum absolute atomic E-state index is 0.0268. The van der Waals surface area contributed by atoms with Crippen molar-refractivity contribution in [3.63, 3.8) is 0 Å². The third-order valence-corrected chi connectivity index (χ3v) is 5.53. The number of hydrogen-bond acceptors (Lipinski definition) is 5. The van der Waals surface area contributed by atoms with Gasteiger partial charge in [0.1, 0.15) is 11.5 Å². The molecule has 4 rings (SSSR count). The van der Waals surface area contributed by atoms with Gasteiger partial charge in [-0.2, -0.15) is 0 Å². The lowest BCUT2D eigenvalue weighted by Gasteiger charge is -2.35. The first-order chi connectivity index (χ1) is 13.5. The first-order valence-electron chi connectivity index (χ1n) is 9.57. The lowest BCUT2D eigenvalue weighted by Crippen LogP contribution is -2.48. The lowest BCUT2D eigenvalue weighted by atomic mass is 10.2. The molecule has 0 spiro atoms. The number of nitro benzene ring substituents is 1. The van der Waals surface area contributed by atoms with E-state index < -0.39 is 4.92 Å². The van der Waals surface area contributed by atoms with Crippen LogP contribution in [-0.4, -0.2) is 41.9 Å². The lowest BCUT2D eigenvalue weighted by molar-refractivity contribution is -0.384. The van der Waals surface area contributed by atoms with Gasteiger partial charge in [0.05, 0.1) is 4.92 Å². The Morgan fingerprint density at radius 1 is 1.14 bits per heavy atom. The molecule has 2 aromatic rings. The van der Waals surface area contributed by atoms with Gasteiger partial charge < -0.3 is 14.2 Å². The first-order valence-corrected chi connectivity index (χ1v) is 9.57. The molecule has 2 aliphatic rings. The molecule has 146 valence electrons. The zero-order valence-electron chi connectivity index (χ0n) is 15.8. The molecule has 1 saturated carbocycles. The molecule has 28 heavy (non-hydrogen) atoms. The summed E-state index contributed by atoms with van der Waals surface area (Å²) in [5, 5.41) is 10.8. The van der Waals surface area contributed by atoms with Crippen molar-refractivity contribution in [3.8, 4) is 0 Å². The number of carbonyl (C=O) groups is 1. The van der Waals surface area contributed by atoms with Crippen molar-refractivity contribution >= 4 is 23.4 Å². The number of furan rings is 1. The average molecular weight is 381 g/mol. The molecule has 1 aliphatic carbocycles. The van der Waals surface area contributed by atoms with E-state index in [-0.39, 0.29) is 11.6 Å². The Morgan fingerprint density at radius 3 is 2.43 bits per heavy atom. The van der Waals surface area contributed by atoms with Gasteiger partial charge in [-0.1, -0.05) is 6.92 Å². The van der Waals surface area contributed by atoms with Crippen molar-refractivity contribution in [3.05, 3.63) is 64.1 Å². The molecule has 0 bridgehead atoms. The minimum Gasteiger partial charge on any atom is -0.461 e. The van der Waals surface area contributed by atoms with Crippen molar-refractivity contribution in [2.75, 3.05) is 31.1 Å². The molecule has 2 fully saturated rings. The van der Waals surface area contributed by atoms with E-state index in [2.05, 4.69) is 11.8 Å². The van der Waals surface area contributed by atoms with Gasteiger partial charge in [0, 0.05) is 56.0 Å². The van der Waals surface area contributed by atoms with Crippen LogP contribution in [0, 0.1) is 16.0 Å². The maximum absolute atomic E-state index is 12.4. The molecule has 1 saturated heterocycles. The molecule has 1 amide bonds. The van der Waals surface area contributed by atoms with Crippen LogP contribution in [0.2, 0.25) is 0 Å².